The van der Waals surface area contributed by atoms with Crippen molar-refractivity contribution in [2.24, 2.45) is 5.41 Å². The van der Waals surface area contributed by atoms with Crippen LogP contribution in [0.1, 0.15) is 60.8 Å². The Morgan fingerprint density at radius 3 is 1.90 bits per heavy atom. The van der Waals surface area contributed by atoms with Gasteiger partial charge in [-0.25, -0.2) is 0 Å². The van der Waals surface area contributed by atoms with E-state index in [1.54, 1.807) is 6.08 Å². The fraction of sp³-hybridized carbons (Fsp3) is 0.444. The van der Waals surface area contributed by atoms with Crippen LogP contribution in [0, 0.1) is 5.41 Å². The molecule has 0 aromatic heterocycles. The molecule has 29 heavy (non-hydrogen) atoms. The van der Waals surface area contributed by atoms with Gasteiger partial charge in [0.15, 0.2) is 0 Å². The topological polar surface area (TPSA) is 29.6 Å². The van der Waals surface area contributed by atoms with Gasteiger partial charge in [0.05, 0.1) is 5.60 Å². The Morgan fingerprint density at radius 2 is 1.31 bits per heavy atom. The number of hydrogen-bond acceptors (Lipinski definition) is 2. The van der Waals surface area contributed by atoms with E-state index in [1.165, 1.54) is 30.1 Å². The maximum absolute atomic E-state index is 10.3. The highest BCUT2D eigenvalue weighted by molar-refractivity contribution is 5.65. The third-order valence-electron chi connectivity index (χ3n) is 6.16. The molecule has 156 valence electrons. The van der Waals surface area contributed by atoms with Crippen molar-refractivity contribution in [1.29, 1.82) is 0 Å². The molecule has 2 unspecified atom stereocenters. The van der Waals surface area contributed by atoms with Crippen LogP contribution < -0.4 is 0 Å². The minimum Gasteiger partial charge on any atom is -0.358 e. The lowest BCUT2D eigenvalue weighted by molar-refractivity contribution is -0.104. The molecule has 1 aliphatic heterocycles. The van der Waals surface area contributed by atoms with Gasteiger partial charge in [0, 0.05) is 5.41 Å². The Labute approximate surface area is 177 Å². The standard InChI is InChI=1S/C27H36O2/c1-22(12-7-8-13-23(2)16-10-21-28)14-9-15-24(3)17-20-27-25(4,5)18-11-19-26(27,6)29-27/h7-10,12-17,20-21H,11,18-19H2,1-6H3/b8-7+,14-9+,16-10+,20-17+,22-12+,23-13+,24-15+. The van der Waals surface area contributed by atoms with Crippen molar-refractivity contribution in [1.82, 2.24) is 0 Å². The lowest BCUT2D eigenvalue weighted by Crippen LogP contribution is -2.41. The Morgan fingerprint density at radius 1 is 0.759 bits per heavy atom. The molecular formula is C27H36O2. The smallest absolute Gasteiger partial charge is 0.142 e. The highest BCUT2D eigenvalue weighted by Gasteiger charge is 2.73. The molecule has 0 aromatic carbocycles. The summed E-state index contributed by atoms with van der Waals surface area (Å²) in [4.78, 5) is 10.3. The number of carbonyl (C=O) groups is 1. The summed E-state index contributed by atoms with van der Waals surface area (Å²) in [6, 6.07) is 0. The minimum atomic E-state index is -0.107. The van der Waals surface area contributed by atoms with Crippen molar-refractivity contribution in [3.63, 3.8) is 0 Å². The van der Waals surface area contributed by atoms with Crippen LogP contribution in [0.15, 0.2) is 83.6 Å². The van der Waals surface area contributed by atoms with E-state index in [0.717, 1.165) is 18.3 Å². The molecule has 2 nitrogen and oxygen atoms in total. The van der Waals surface area contributed by atoms with Crippen LogP contribution in [0.4, 0.5) is 0 Å². The average Bonchev–Trinajstić information content (AvgIpc) is 3.29. The van der Waals surface area contributed by atoms with Gasteiger partial charge in [-0.05, 0) is 59.1 Å². The number of fused-ring (bicyclic) bond motifs is 1. The van der Waals surface area contributed by atoms with Crippen LogP contribution in [-0.4, -0.2) is 17.5 Å². The van der Waals surface area contributed by atoms with E-state index in [2.05, 4.69) is 71.1 Å². The highest BCUT2D eigenvalue weighted by atomic mass is 16.6. The van der Waals surface area contributed by atoms with Gasteiger partial charge in [-0.2, -0.15) is 0 Å². The van der Waals surface area contributed by atoms with Crippen LogP contribution in [-0.2, 0) is 9.53 Å². The molecule has 2 aliphatic rings. The molecule has 1 aliphatic carbocycles. The fourth-order valence-corrected chi connectivity index (χ4v) is 4.28. The van der Waals surface area contributed by atoms with Crippen LogP contribution in [0.2, 0.25) is 0 Å². The molecule has 2 heteroatoms. The van der Waals surface area contributed by atoms with Gasteiger partial charge in [0.25, 0.3) is 0 Å². The zero-order valence-corrected chi connectivity index (χ0v) is 18.9. The predicted octanol–water partition coefficient (Wildman–Crippen LogP) is 6.99. The number of rotatable bonds is 8. The van der Waals surface area contributed by atoms with Crippen LogP contribution in [0.5, 0.6) is 0 Å². The molecule has 0 N–H and O–H groups in total. The van der Waals surface area contributed by atoms with Crippen molar-refractivity contribution in [2.75, 3.05) is 0 Å². The van der Waals surface area contributed by atoms with E-state index in [9.17, 15) is 4.79 Å². The summed E-state index contributed by atoms with van der Waals surface area (Å²) < 4.78 is 6.28. The molecule has 0 radical (unpaired) electrons. The number of ether oxygens (including phenoxy) is 1. The highest BCUT2D eigenvalue weighted by Crippen LogP contribution is 2.66. The fourth-order valence-electron chi connectivity index (χ4n) is 4.28. The number of aldehydes is 1. The molecule has 1 heterocycles. The number of allylic oxidation sites excluding steroid dienone is 13. The van der Waals surface area contributed by atoms with Gasteiger partial charge in [-0.3, -0.25) is 4.79 Å². The monoisotopic (exact) mass is 392 g/mol. The molecule has 0 bridgehead atoms. The van der Waals surface area contributed by atoms with E-state index in [1.807, 2.05) is 25.2 Å². The minimum absolute atomic E-state index is 0.0167. The summed E-state index contributed by atoms with van der Waals surface area (Å²) in [6.07, 6.45) is 26.5. The zero-order valence-electron chi connectivity index (χ0n) is 18.9. The van der Waals surface area contributed by atoms with E-state index in [0.29, 0.717) is 0 Å². The Bertz CT molecular complexity index is 813. The first kappa shape index (κ1) is 23.1. The summed E-state index contributed by atoms with van der Waals surface area (Å²) >= 11 is 0. The largest absolute Gasteiger partial charge is 0.358 e. The molecule has 0 aromatic rings. The normalized spacial score (nSPS) is 30.6. The third-order valence-corrected chi connectivity index (χ3v) is 6.16. The van der Waals surface area contributed by atoms with Gasteiger partial charge in [0.2, 0.25) is 0 Å². The number of epoxide rings is 1. The lowest BCUT2D eigenvalue weighted by Gasteiger charge is -2.36. The summed E-state index contributed by atoms with van der Waals surface area (Å²) in [7, 11) is 0. The van der Waals surface area contributed by atoms with Crippen LogP contribution >= 0.6 is 0 Å². The molecular weight excluding hydrogens is 356 g/mol. The van der Waals surface area contributed by atoms with Crippen molar-refractivity contribution < 1.29 is 9.53 Å². The molecule has 1 saturated heterocycles. The first-order chi connectivity index (χ1) is 13.7. The zero-order chi connectivity index (χ0) is 21.5. The summed E-state index contributed by atoms with van der Waals surface area (Å²) in [5.74, 6) is 0. The molecule has 2 atom stereocenters. The SMILES string of the molecule is CC(/C=C/C=O)=C\C=C\C=C(C)\C=C\C=C(C)\C=C\C12OC1(C)CCCC2(C)C. The maximum atomic E-state index is 10.3. The second-order valence-corrected chi connectivity index (χ2v) is 9.11. The van der Waals surface area contributed by atoms with Gasteiger partial charge in [0.1, 0.15) is 11.9 Å². The average molecular weight is 393 g/mol. The molecule has 0 amide bonds. The molecule has 1 saturated carbocycles. The first-order valence-corrected chi connectivity index (χ1v) is 10.5. The van der Waals surface area contributed by atoms with Gasteiger partial charge < -0.3 is 4.74 Å². The van der Waals surface area contributed by atoms with Gasteiger partial charge in [-0.15, -0.1) is 0 Å². The molecule has 0 spiro atoms. The maximum Gasteiger partial charge on any atom is 0.142 e. The van der Waals surface area contributed by atoms with Crippen molar-refractivity contribution in [3.05, 3.63) is 83.6 Å². The molecule has 2 rings (SSSR count). The Kier molecular flexibility index (Phi) is 7.60. The van der Waals surface area contributed by atoms with E-state index < -0.39 is 0 Å². The number of hydrogen-bond donors (Lipinski definition) is 0. The van der Waals surface area contributed by atoms with Crippen molar-refractivity contribution >= 4 is 6.29 Å². The quantitative estimate of drug-likeness (QED) is 0.193. The second kappa shape index (κ2) is 9.54. The van der Waals surface area contributed by atoms with Gasteiger partial charge >= 0.3 is 0 Å². The predicted molar refractivity (Wildman–Crippen MR) is 124 cm³/mol. The first-order valence-electron chi connectivity index (χ1n) is 10.5. The summed E-state index contributed by atoms with van der Waals surface area (Å²) in [5, 5.41) is 0. The molecule has 2 fully saturated rings. The van der Waals surface area contributed by atoms with E-state index in [-0.39, 0.29) is 16.6 Å². The van der Waals surface area contributed by atoms with E-state index >= 15 is 0 Å². The van der Waals surface area contributed by atoms with E-state index in [4.69, 9.17) is 4.74 Å². The van der Waals surface area contributed by atoms with Gasteiger partial charge in [-0.1, -0.05) is 85.3 Å². The number of carbonyl (C=O) groups excluding carboxylic acids is 1. The third kappa shape index (κ3) is 5.67. The van der Waals surface area contributed by atoms with Crippen LogP contribution in [0.25, 0.3) is 0 Å². The van der Waals surface area contributed by atoms with Crippen molar-refractivity contribution in [3.8, 4) is 0 Å². The Hall–Kier alpha value is -2.19. The summed E-state index contributed by atoms with van der Waals surface area (Å²) in [5.41, 5.74) is 3.53. The summed E-state index contributed by atoms with van der Waals surface area (Å²) in [6.45, 7) is 13.1. The second-order valence-electron chi connectivity index (χ2n) is 9.11. The van der Waals surface area contributed by atoms with Crippen molar-refractivity contribution in [2.45, 2.75) is 72.0 Å². The Balaban J connectivity index is 1.94. The van der Waals surface area contributed by atoms with Crippen LogP contribution in [0.3, 0.4) is 0 Å². The lowest BCUT2D eigenvalue weighted by atomic mass is 9.64.